The van der Waals surface area contributed by atoms with Crippen LogP contribution in [0.25, 0.3) is 0 Å². The third-order valence-electron chi connectivity index (χ3n) is 5.78. The third kappa shape index (κ3) is 8.28. The number of nitrogens with one attached hydrogen (secondary N) is 2. The van der Waals surface area contributed by atoms with E-state index in [-0.39, 0.29) is 29.9 Å². The fourth-order valence-corrected chi connectivity index (χ4v) is 4.14. The maximum absolute atomic E-state index is 12.4. The summed E-state index contributed by atoms with van der Waals surface area (Å²) >= 11 is 0. The van der Waals surface area contributed by atoms with Crippen molar-refractivity contribution in [1.29, 1.82) is 0 Å². The lowest BCUT2D eigenvalue weighted by molar-refractivity contribution is -0.127. The summed E-state index contributed by atoms with van der Waals surface area (Å²) in [6.07, 6.45) is 10.2. The van der Waals surface area contributed by atoms with Gasteiger partial charge in [0.05, 0.1) is 0 Å². The molecule has 1 heterocycles. The van der Waals surface area contributed by atoms with Crippen molar-refractivity contribution < 1.29 is 4.79 Å². The van der Waals surface area contributed by atoms with E-state index in [9.17, 15) is 4.79 Å². The maximum Gasteiger partial charge on any atom is 0.223 e. The third-order valence-corrected chi connectivity index (χ3v) is 5.78. The Labute approximate surface area is 198 Å². The molecule has 1 amide bonds. The molecule has 2 N–H and O–H groups in total. The normalized spacial score (nSPS) is 19.3. The quantitative estimate of drug-likeness (QED) is 0.221. The van der Waals surface area contributed by atoms with Crippen LogP contribution in [0.4, 0.5) is 0 Å². The number of allylic oxidation sites excluding steroid dienone is 1. The van der Waals surface area contributed by atoms with Crippen LogP contribution in [0.1, 0.15) is 51.0 Å². The molecule has 5 nitrogen and oxygen atoms in total. The lowest BCUT2D eigenvalue weighted by Gasteiger charge is -2.17. The van der Waals surface area contributed by atoms with Crippen molar-refractivity contribution in [1.82, 2.24) is 15.5 Å². The standard InChI is InChI=1S/C24H36N4O.HI/c1-2-25-24(26-15-13-20-9-5-3-6-10-20)27-18-22-17-23(29)28(19-22)16-14-21-11-7-4-8-12-21;/h4,7-9,11-12,22H,2-3,5-6,10,13-19H2,1H3,(H2,25,26,27);1H. The number of amides is 1. The molecule has 0 saturated carbocycles. The summed E-state index contributed by atoms with van der Waals surface area (Å²) < 4.78 is 0. The number of carbonyl (C=O) groups is 1. The van der Waals surface area contributed by atoms with Crippen LogP contribution in [0, 0.1) is 5.92 Å². The highest BCUT2D eigenvalue weighted by Gasteiger charge is 2.29. The van der Waals surface area contributed by atoms with E-state index in [1.807, 2.05) is 11.0 Å². The van der Waals surface area contributed by atoms with Gasteiger partial charge >= 0.3 is 0 Å². The first kappa shape index (κ1) is 24.7. The second-order valence-corrected chi connectivity index (χ2v) is 8.15. The molecular formula is C24H37IN4O. The molecule has 2 aliphatic rings. The Morgan fingerprint density at radius 3 is 2.73 bits per heavy atom. The average molecular weight is 524 g/mol. The van der Waals surface area contributed by atoms with Crippen LogP contribution in [0.15, 0.2) is 47.0 Å². The van der Waals surface area contributed by atoms with Crippen LogP contribution in [0.2, 0.25) is 0 Å². The zero-order valence-corrected chi connectivity index (χ0v) is 20.6. The first-order valence-corrected chi connectivity index (χ1v) is 11.3. The summed E-state index contributed by atoms with van der Waals surface area (Å²) in [5, 5.41) is 6.79. The van der Waals surface area contributed by atoms with Crippen molar-refractivity contribution in [2.24, 2.45) is 10.9 Å². The summed E-state index contributed by atoms with van der Waals surface area (Å²) in [6.45, 7) is 6.18. The number of benzene rings is 1. The number of aliphatic imine (C=N–C) groups is 1. The maximum atomic E-state index is 12.4. The zero-order chi connectivity index (χ0) is 20.3. The fraction of sp³-hybridized carbons (Fsp3) is 0.583. The number of guanidine groups is 1. The second-order valence-electron chi connectivity index (χ2n) is 8.15. The summed E-state index contributed by atoms with van der Waals surface area (Å²) in [5.41, 5.74) is 2.86. The van der Waals surface area contributed by atoms with Crippen molar-refractivity contribution in [2.75, 3.05) is 32.7 Å². The van der Waals surface area contributed by atoms with Gasteiger partial charge in [-0.3, -0.25) is 9.79 Å². The first-order chi connectivity index (χ1) is 14.2. The Hall–Kier alpha value is -1.57. The first-order valence-electron chi connectivity index (χ1n) is 11.3. The molecule has 0 radical (unpaired) electrons. The van der Waals surface area contributed by atoms with Crippen molar-refractivity contribution in [3.63, 3.8) is 0 Å². The summed E-state index contributed by atoms with van der Waals surface area (Å²) in [5.74, 6) is 1.46. The molecule has 0 bridgehead atoms. The number of nitrogens with zero attached hydrogens (tertiary/aromatic N) is 2. The Kier molecular flexibility index (Phi) is 11.3. The lowest BCUT2D eigenvalue weighted by atomic mass is 9.97. The van der Waals surface area contributed by atoms with Crippen molar-refractivity contribution >= 4 is 35.8 Å². The van der Waals surface area contributed by atoms with Crippen LogP contribution in [-0.4, -0.2) is 49.5 Å². The van der Waals surface area contributed by atoms with Crippen LogP contribution in [0.5, 0.6) is 0 Å². The predicted octanol–water partition coefficient (Wildman–Crippen LogP) is 4.14. The Morgan fingerprint density at radius 1 is 1.17 bits per heavy atom. The summed E-state index contributed by atoms with van der Waals surface area (Å²) in [4.78, 5) is 19.1. The minimum atomic E-state index is 0. The second kappa shape index (κ2) is 13.7. The molecular weight excluding hydrogens is 487 g/mol. The molecule has 6 heteroatoms. The average Bonchev–Trinajstić information content (AvgIpc) is 3.11. The number of halogens is 1. The molecule has 30 heavy (non-hydrogen) atoms. The van der Waals surface area contributed by atoms with Crippen LogP contribution >= 0.6 is 24.0 Å². The number of hydrogen-bond donors (Lipinski definition) is 2. The number of hydrogen-bond acceptors (Lipinski definition) is 2. The van der Waals surface area contributed by atoms with Crippen molar-refractivity contribution in [3.05, 3.63) is 47.5 Å². The van der Waals surface area contributed by atoms with E-state index < -0.39 is 0 Å². The van der Waals surface area contributed by atoms with Gasteiger partial charge in [-0.25, -0.2) is 0 Å². The van der Waals surface area contributed by atoms with E-state index in [0.29, 0.717) is 18.9 Å². The van der Waals surface area contributed by atoms with Gasteiger partial charge in [-0.2, -0.15) is 0 Å². The minimum Gasteiger partial charge on any atom is -0.357 e. The molecule has 0 spiro atoms. The molecule has 1 atom stereocenters. The van der Waals surface area contributed by atoms with Crippen molar-refractivity contribution in [3.8, 4) is 0 Å². The minimum absolute atomic E-state index is 0. The van der Waals surface area contributed by atoms with Gasteiger partial charge in [0.15, 0.2) is 5.96 Å². The van der Waals surface area contributed by atoms with Crippen LogP contribution in [-0.2, 0) is 11.2 Å². The number of carbonyl (C=O) groups excluding carboxylic acids is 1. The summed E-state index contributed by atoms with van der Waals surface area (Å²) in [7, 11) is 0. The Bertz CT molecular complexity index is 704. The van der Waals surface area contributed by atoms with Crippen molar-refractivity contribution in [2.45, 2.75) is 51.9 Å². The molecule has 166 valence electrons. The smallest absolute Gasteiger partial charge is 0.223 e. The molecule has 1 aromatic carbocycles. The molecule has 1 aliphatic carbocycles. The molecule has 0 aromatic heterocycles. The molecule has 1 unspecified atom stereocenters. The molecule has 3 rings (SSSR count). The zero-order valence-electron chi connectivity index (χ0n) is 18.2. The number of rotatable bonds is 9. The van der Waals surface area contributed by atoms with E-state index in [1.54, 1.807) is 5.57 Å². The van der Waals surface area contributed by atoms with Crippen LogP contribution in [0.3, 0.4) is 0 Å². The Balaban J connectivity index is 0.00000320. The fourth-order valence-electron chi connectivity index (χ4n) is 4.14. The van der Waals surface area contributed by atoms with E-state index in [2.05, 4.69) is 47.9 Å². The van der Waals surface area contributed by atoms with Gasteiger partial charge in [0.25, 0.3) is 0 Å². The van der Waals surface area contributed by atoms with Gasteiger partial charge in [-0.1, -0.05) is 42.0 Å². The van der Waals surface area contributed by atoms with Gasteiger partial charge in [-0.05, 0) is 51.0 Å². The van der Waals surface area contributed by atoms with E-state index in [0.717, 1.165) is 45.0 Å². The summed E-state index contributed by atoms with van der Waals surface area (Å²) in [6, 6.07) is 10.4. The highest BCUT2D eigenvalue weighted by Crippen LogP contribution is 2.20. The van der Waals surface area contributed by atoms with E-state index >= 15 is 0 Å². The molecule has 1 saturated heterocycles. The van der Waals surface area contributed by atoms with Gasteiger partial charge in [0, 0.05) is 45.1 Å². The van der Waals surface area contributed by atoms with Gasteiger partial charge in [-0.15, -0.1) is 24.0 Å². The molecule has 1 fully saturated rings. The van der Waals surface area contributed by atoms with Gasteiger partial charge < -0.3 is 15.5 Å². The number of likely N-dealkylation sites (tertiary alicyclic amines) is 1. The lowest BCUT2D eigenvalue weighted by Crippen LogP contribution is -2.38. The topological polar surface area (TPSA) is 56.7 Å². The largest absolute Gasteiger partial charge is 0.357 e. The van der Waals surface area contributed by atoms with Gasteiger partial charge in [0.1, 0.15) is 0 Å². The van der Waals surface area contributed by atoms with E-state index in [1.165, 1.54) is 31.2 Å². The Morgan fingerprint density at radius 2 is 2.00 bits per heavy atom. The highest BCUT2D eigenvalue weighted by atomic mass is 127. The molecule has 1 aliphatic heterocycles. The SMILES string of the molecule is CCNC(=NCC1CC(=O)N(CCc2ccccc2)C1)NCCC1=CCCCC1.I. The predicted molar refractivity (Wildman–Crippen MR) is 135 cm³/mol. The highest BCUT2D eigenvalue weighted by molar-refractivity contribution is 14.0. The van der Waals surface area contributed by atoms with Gasteiger partial charge in [0.2, 0.25) is 5.91 Å². The van der Waals surface area contributed by atoms with Crippen LogP contribution < -0.4 is 10.6 Å². The molecule has 1 aromatic rings. The monoisotopic (exact) mass is 524 g/mol. The van der Waals surface area contributed by atoms with E-state index in [4.69, 9.17) is 4.99 Å².